The number of benzene rings is 1. The zero-order valence-electron chi connectivity index (χ0n) is 16.0. The molecule has 0 radical (unpaired) electrons. The molecule has 4 rings (SSSR count). The molecule has 0 saturated carbocycles. The van der Waals surface area contributed by atoms with E-state index in [0.29, 0.717) is 36.3 Å². The fourth-order valence-corrected chi connectivity index (χ4v) is 3.86. The van der Waals surface area contributed by atoms with Crippen molar-refractivity contribution in [1.82, 2.24) is 10.3 Å². The summed E-state index contributed by atoms with van der Waals surface area (Å²) in [6.45, 7) is 6.96. The molecule has 6 nitrogen and oxygen atoms in total. The number of thiophene rings is 1. The van der Waals surface area contributed by atoms with Crippen LogP contribution in [0.15, 0.2) is 40.1 Å². The van der Waals surface area contributed by atoms with Crippen LogP contribution >= 0.6 is 11.3 Å². The molecule has 146 valence electrons. The quantitative estimate of drug-likeness (QED) is 0.679. The van der Waals surface area contributed by atoms with Gasteiger partial charge in [-0.2, -0.15) is 0 Å². The Morgan fingerprint density at radius 2 is 1.96 bits per heavy atom. The second-order valence-electron chi connectivity index (χ2n) is 7.00. The number of rotatable bonds is 5. The number of fused-ring (bicyclic) bond motifs is 1. The standard InChI is InChI=1S/C21H22N2O4S/c1-12(2)18(14-6-7-15-16(11-14)26-9-8-25-15)22-20(24)19-13(3)27-21(23-19)17-5-4-10-28-17/h4-7,10-12,18H,8-9H2,1-3H3,(H,22,24)/t18-/m1/s1. The Morgan fingerprint density at radius 1 is 1.18 bits per heavy atom. The summed E-state index contributed by atoms with van der Waals surface area (Å²) in [6.07, 6.45) is 0. The Bertz CT molecular complexity index is 978. The van der Waals surface area contributed by atoms with Crippen molar-refractivity contribution in [3.8, 4) is 22.3 Å². The van der Waals surface area contributed by atoms with Crippen molar-refractivity contribution in [2.45, 2.75) is 26.8 Å². The topological polar surface area (TPSA) is 73.6 Å². The van der Waals surface area contributed by atoms with Gasteiger partial charge in [-0.15, -0.1) is 11.3 Å². The Morgan fingerprint density at radius 3 is 2.68 bits per heavy atom. The first-order chi connectivity index (χ1) is 13.5. The molecule has 0 aliphatic carbocycles. The third-order valence-electron chi connectivity index (χ3n) is 4.62. The molecule has 7 heteroatoms. The maximum Gasteiger partial charge on any atom is 0.274 e. The number of hydrogen-bond donors (Lipinski definition) is 1. The Kier molecular flexibility index (Phi) is 5.09. The van der Waals surface area contributed by atoms with E-state index in [-0.39, 0.29) is 17.9 Å². The van der Waals surface area contributed by atoms with E-state index < -0.39 is 0 Å². The molecule has 0 saturated heterocycles. The molecule has 0 bridgehead atoms. The molecule has 0 spiro atoms. The Labute approximate surface area is 167 Å². The van der Waals surface area contributed by atoms with E-state index in [4.69, 9.17) is 13.9 Å². The predicted octanol–water partition coefficient (Wildman–Crippen LogP) is 4.61. The number of ether oxygens (including phenoxy) is 2. The molecule has 1 aliphatic rings. The first-order valence-corrected chi connectivity index (χ1v) is 10.1. The first kappa shape index (κ1) is 18.6. The zero-order valence-corrected chi connectivity index (χ0v) is 16.8. The van der Waals surface area contributed by atoms with E-state index in [2.05, 4.69) is 24.1 Å². The van der Waals surface area contributed by atoms with Gasteiger partial charge in [0, 0.05) is 0 Å². The highest BCUT2D eigenvalue weighted by atomic mass is 32.1. The maximum absolute atomic E-state index is 12.9. The van der Waals surface area contributed by atoms with Crippen LogP contribution in [0.25, 0.3) is 10.8 Å². The number of carbonyl (C=O) groups excluding carboxylic acids is 1. The number of nitrogens with zero attached hydrogens (tertiary/aromatic N) is 1. The van der Waals surface area contributed by atoms with Crippen molar-refractivity contribution in [2.75, 3.05) is 13.2 Å². The molecule has 2 aromatic heterocycles. The maximum atomic E-state index is 12.9. The second kappa shape index (κ2) is 7.67. The van der Waals surface area contributed by atoms with E-state index in [9.17, 15) is 4.79 Å². The fraction of sp³-hybridized carbons (Fsp3) is 0.333. The third kappa shape index (κ3) is 3.62. The summed E-state index contributed by atoms with van der Waals surface area (Å²) in [7, 11) is 0. The number of hydrogen-bond acceptors (Lipinski definition) is 6. The SMILES string of the molecule is Cc1oc(-c2cccs2)nc1C(=O)N[C@@H](c1ccc2c(c1)OCCO2)C(C)C. The normalized spacial score (nSPS) is 14.1. The smallest absolute Gasteiger partial charge is 0.274 e. The lowest BCUT2D eigenvalue weighted by Gasteiger charge is -2.25. The lowest BCUT2D eigenvalue weighted by Crippen LogP contribution is -2.32. The Hall–Kier alpha value is -2.80. The number of oxazole rings is 1. The van der Waals surface area contributed by atoms with Crippen LogP contribution in [0.1, 0.15) is 41.7 Å². The minimum Gasteiger partial charge on any atom is -0.486 e. The molecule has 0 fully saturated rings. The van der Waals surface area contributed by atoms with Crippen molar-refractivity contribution in [3.05, 3.63) is 52.7 Å². The molecule has 1 aliphatic heterocycles. The van der Waals surface area contributed by atoms with Crippen LogP contribution in [0.5, 0.6) is 11.5 Å². The summed E-state index contributed by atoms with van der Waals surface area (Å²) < 4.78 is 17.0. The molecule has 3 heterocycles. The average molecular weight is 398 g/mol. The number of aromatic nitrogens is 1. The van der Waals surface area contributed by atoms with Crippen molar-refractivity contribution in [3.63, 3.8) is 0 Å². The molecular weight excluding hydrogens is 376 g/mol. The van der Waals surface area contributed by atoms with Gasteiger partial charge in [0.1, 0.15) is 19.0 Å². The van der Waals surface area contributed by atoms with Gasteiger partial charge in [-0.05, 0) is 42.0 Å². The first-order valence-electron chi connectivity index (χ1n) is 9.24. The molecule has 1 amide bonds. The van der Waals surface area contributed by atoms with E-state index in [1.54, 1.807) is 6.92 Å². The van der Waals surface area contributed by atoms with Gasteiger partial charge >= 0.3 is 0 Å². The Balaban J connectivity index is 1.58. The van der Waals surface area contributed by atoms with Crippen molar-refractivity contribution >= 4 is 17.2 Å². The summed E-state index contributed by atoms with van der Waals surface area (Å²) in [5.41, 5.74) is 1.28. The highest BCUT2D eigenvalue weighted by molar-refractivity contribution is 7.13. The second-order valence-corrected chi connectivity index (χ2v) is 7.95. The lowest BCUT2D eigenvalue weighted by atomic mass is 9.95. The van der Waals surface area contributed by atoms with Crippen molar-refractivity contribution in [2.24, 2.45) is 5.92 Å². The molecule has 3 aromatic rings. The van der Waals surface area contributed by atoms with Crippen LogP contribution in [0.3, 0.4) is 0 Å². The third-order valence-corrected chi connectivity index (χ3v) is 5.48. The van der Waals surface area contributed by atoms with Crippen LogP contribution in [-0.4, -0.2) is 24.1 Å². The lowest BCUT2D eigenvalue weighted by molar-refractivity contribution is 0.0919. The zero-order chi connectivity index (χ0) is 19.7. The molecule has 0 unspecified atom stereocenters. The summed E-state index contributed by atoms with van der Waals surface area (Å²) >= 11 is 1.52. The summed E-state index contributed by atoms with van der Waals surface area (Å²) in [5, 5.41) is 5.05. The van der Waals surface area contributed by atoms with Crippen LogP contribution in [0, 0.1) is 12.8 Å². The van der Waals surface area contributed by atoms with Crippen LogP contribution < -0.4 is 14.8 Å². The van der Waals surface area contributed by atoms with E-state index >= 15 is 0 Å². The van der Waals surface area contributed by atoms with Gasteiger partial charge in [-0.3, -0.25) is 4.79 Å². The number of nitrogens with one attached hydrogen (secondary N) is 1. The van der Waals surface area contributed by atoms with Crippen molar-refractivity contribution < 1.29 is 18.7 Å². The summed E-state index contributed by atoms with van der Waals surface area (Å²) in [6, 6.07) is 9.45. The predicted molar refractivity (Wildman–Crippen MR) is 107 cm³/mol. The van der Waals surface area contributed by atoms with Crippen LogP contribution in [0.2, 0.25) is 0 Å². The van der Waals surface area contributed by atoms with Gasteiger partial charge in [0.25, 0.3) is 5.91 Å². The molecule has 1 atom stereocenters. The summed E-state index contributed by atoms with van der Waals surface area (Å²) in [5.74, 6) is 2.34. The van der Waals surface area contributed by atoms with Gasteiger partial charge < -0.3 is 19.2 Å². The monoisotopic (exact) mass is 398 g/mol. The number of aryl methyl sites for hydroxylation is 1. The van der Waals surface area contributed by atoms with Gasteiger partial charge in [0.15, 0.2) is 17.2 Å². The van der Waals surface area contributed by atoms with E-state index in [0.717, 1.165) is 16.2 Å². The molecular formula is C21H22N2O4S. The van der Waals surface area contributed by atoms with Crippen LogP contribution in [0.4, 0.5) is 0 Å². The highest BCUT2D eigenvalue weighted by Gasteiger charge is 2.25. The average Bonchev–Trinajstić information content (AvgIpc) is 3.35. The van der Waals surface area contributed by atoms with E-state index in [1.807, 2.05) is 35.7 Å². The molecule has 1 N–H and O–H groups in total. The largest absolute Gasteiger partial charge is 0.486 e. The van der Waals surface area contributed by atoms with Gasteiger partial charge in [-0.1, -0.05) is 26.0 Å². The summed E-state index contributed by atoms with van der Waals surface area (Å²) in [4.78, 5) is 18.3. The van der Waals surface area contributed by atoms with Gasteiger partial charge in [0.2, 0.25) is 5.89 Å². The molecule has 28 heavy (non-hydrogen) atoms. The number of amides is 1. The van der Waals surface area contributed by atoms with Gasteiger partial charge in [-0.25, -0.2) is 4.98 Å². The van der Waals surface area contributed by atoms with E-state index in [1.165, 1.54) is 11.3 Å². The molecule has 1 aromatic carbocycles. The minimum absolute atomic E-state index is 0.176. The fourth-order valence-electron chi connectivity index (χ4n) is 3.21. The minimum atomic E-state index is -0.252. The highest BCUT2D eigenvalue weighted by Crippen LogP contribution is 2.34. The van der Waals surface area contributed by atoms with Crippen LogP contribution in [-0.2, 0) is 0 Å². The van der Waals surface area contributed by atoms with Gasteiger partial charge in [0.05, 0.1) is 10.9 Å². The van der Waals surface area contributed by atoms with Crippen molar-refractivity contribution in [1.29, 1.82) is 0 Å². The number of carbonyl (C=O) groups is 1.